The Morgan fingerprint density at radius 1 is 1.38 bits per heavy atom. The normalized spacial score (nSPS) is 20.5. The van der Waals surface area contributed by atoms with Crippen molar-refractivity contribution < 1.29 is 14.2 Å². The van der Waals surface area contributed by atoms with E-state index in [1.54, 1.807) is 7.11 Å². The Morgan fingerprint density at radius 3 is 2.88 bits per heavy atom. The Morgan fingerprint density at radius 2 is 2.25 bits per heavy atom. The third-order valence-corrected chi connectivity index (χ3v) is 3.38. The van der Waals surface area contributed by atoms with E-state index in [1.165, 1.54) is 6.42 Å². The molecule has 16 heavy (non-hydrogen) atoms. The summed E-state index contributed by atoms with van der Waals surface area (Å²) in [6, 6.07) is 5.79. The first-order valence-electron chi connectivity index (χ1n) is 5.41. The van der Waals surface area contributed by atoms with Gasteiger partial charge >= 0.3 is 0 Å². The molecule has 0 aromatic heterocycles. The topological polar surface area (TPSA) is 27.7 Å². The van der Waals surface area contributed by atoms with Gasteiger partial charge < -0.3 is 14.2 Å². The third-order valence-electron chi connectivity index (χ3n) is 2.54. The molecule has 4 heteroatoms. The van der Waals surface area contributed by atoms with Gasteiger partial charge in [-0.15, -0.1) is 0 Å². The van der Waals surface area contributed by atoms with Crippen LogP contribution in [0.1, 0.15) is 19.3 Å². The second-order valence-corrected chi connectivity index (χ2v) is 4.87. The molecule has 1 unspecified atom stereocenters. The average molecular weight is 334 g/mol. The number of hydrogen-bond donors (Lipinski definition) is 0. The molecule has 0 aliphatic carbocycles. The summed E-state index contributed by atoms with van der Waals surface area (Å²) in [5, 5.41) is 0. The van der Waals surface area contributed by atoms with Gasteiger partial charge in [0.15, 0.2) is 6.29 Å². The van der Waals surface area contributed by atoms with Gasteiger partial charge in [0.2, 0.25) is 0 Å². The summed E-state index contributed by atoms with van der Waals surface area (Å²) in [7, 11) is 1.66. The highest BCUT2D eigenvalue weighted by Crippen LogP contribution is 2.28. The fraction of sp³-hybridized carbons (Fsp3) is 0.500. The van der Waals surface area contributed by atoms with Crippen molar-refractivity contribution >= 4 is 22.6 Å². The zero-order valence-electron chi connectivity index (χ0n) is 9.24. The van der Waals surface area contributed by atoms with Gasteiger partial charge in [-0.3, -0.25) is 0 Å². The lowest BCUT2D eigenvalue weighted by Crippen LogP contribution is -2.25. The zero-order chi connectivity index (χ0) is 11.4. The fourth-order valence-electron chi connectivity index (χ4n) is 1.65. The summed E-state index contributed by atoms with van der Waals surface area (Å²) in [4.78, 5) is 0. The van der Waals surface area contributed by atoms with Gasteiger partial charge in [0.05, 0.1) is 17.3 Å². The summed E-state index contributed by atoms with van der Waals surface area (Å²) < 4.78 is 17.5. The van der Waals surface area contributed by atoms with Gasteiger partial charge in [-0.1, -0.05) is 0 Å². The second kappa shape index (κ2) is 5.72. The maximum atomic E-state index is 5.80. The molecule has 1 atom stereocenters. The number of halogens is 1. The van der Waals surface area contributed by atoms with Crippen molar-refractivity contribution in [1.29, 1.82) is 0 Å². The van der Waals surface area contributed by atoms with Gasteiger partial charge in [-0.25, -0.2) is 0 Å². The molecule has 0 saturated carbocycles. The van der Waals surface area contributed by atoms with E-state index in [0.717, 1.165) is 34.5 Å². The van der Waals surface area contributed by atoms with Crippen molar-refractivity contribution in [3.8, 4) is 11.5 Å². The van der Waals surface area contributed by atoms with Crippen LogP contribution < -0.4 is 9.47 Å². The Balaban J connectivity index is 2.03. The monoisotopic (exact) mass is 334 g/mol. The Kier molecular flexibility index (Phi) is 4.29. The van der Waals surface area contributed by atoms with E-state index in [0.29, 0.717) is 0 Å². The predicted octanol–water partition coefficient (Wildman–Crippen LogP) is 3.21. The summed E-state index contributed by atoms with van der Waals surface area (Å²) in [5.74, 6) is 1.72. The highest BCUT2D eigenvalue weighted by atomic mass is 127. The number of hydrogen-bond acceptors (Lipinski definition) is 3. The molecule has 1 aliphatic rings. The minimum Gasteiger partial charge on any atom is -0.497 e. The van der Waals surface area contributed by atoms with E-state index in [-0.39, 0.29) is 6.29 Å². The predicted molar refractivity (Wildman–Crippen MR) is 69.9 cm³/mol. The molecule has 1 aliphatic heterocycles. The quantitative estimate of drug-likeness (QED) is 0.795. The molecular formula is C12H15IO3. The molecule has 0 radical (unpaired) electrons. The van der Waals surface area contributed by atoms with E-state index in [4.69, 9.17) is 14.2 Å². The summed E-state index contributed by atoms with van der Waals surface area (Å²) >= 11 is 2.24. The van der Waals surface area contributed by atoms with Crippen LogP contribution in [0.15, 0.2) is 18.2 Å². The van der Waals surface area contributed by atoms with Crippen LogP contribution in [0.25, 0.3) is 0 Å². The molecule has 1 fully saturated rings. The summed E-state index contributed by atoms with van der Waals surface area (Å²) in [6.45, 7) is 0.803. The molecule has 0 bridgehead atoms. The first-order valence-corrected chi connectivity index (χ1v) is 6.49. The maximum Gasteiger partial charge on any atom is 0.199 e. The lowest BCUT2D eigenvalue weighted by Gasteiger charge is -2.24. The van der Waals surface area contributed by atoms with Crippen molar-refractivity contribution in [2.75, 3.05) is 13.7 Å². The van der Waals surface area contributed by atoms with Gasteiger partial charge in [-0.2, -0.15) is 0 Å². The molecule has 1 saturated heterocycles. The van der Waals surface area contributed by atoms with Crippen molar-refractivity contribution in [3.63, 3.8) is 0 Å². The maximum absolute atomic E-state index is 5.80. The Bertz CT molecular complexity index is 348. The van der Waals surface area contributed by atoms with Gasteiger partial charge in [0, 0.05) is 6.42 Å². The molecule has 2 rings (SSSR count). The molecule has 1 heterocycles. The SMILES string of the molecule is COc1ccc(OC2CCCCO2)c(I)c1. The van der Waals surface area contributed by atoms with E-state index in [2.05, 4.69) is 22.6 Å². The first-order chi connectivity index (χ1) is 7.79. The number of benzene rings is 1. The standard InChI is InChI=1S/C12H15IO3/c1-14-9-5-6-11(10(13)8-9)16-12-4-2-3-7-15-12/h5-6,8,12H,2-4,7H2,1H3. The average Bonchev–Trinajstić information content (AvgIpc) is 2.33. The van der Waals surface area contributed by atoms with Gasteiger partial charge in [0.1, 0.15) is 11.5 Å². The lowest BCUT2D eigenvalue weighted by molar-refractivity contribution is -0.106. The smallest absolute Gasteiger partial charge is 0.199 e. The highest BCUT2D eigenvalue weighted by molar-refractivity contribution is 14.1. The number of methoxy groups -OCH3 is 1. The Hall–Kier alpha value is -0.490. The lowest BCUT2D eigenvalue weighted by atomic mass is 10.2. The van der Waals surface area contributed by atoms with Crippen molar-refractivity contribution in [2.24, 2.45) is 0 Å². The van der Waals surface area contributed by atoms with E-state index in [1.807, 2.05) is 18.2 Å². The Labute approximate surface area is 109 Å². The third kappa shape index (κ3) is 3.01. The minimum absolute atomic E-state index is 0.0874. The summed E-state index contributed by atoms with van der Waals surface area (Å²) in [5.41, 5.74) is 0. The van der Waals surface area contributed by atoms with Crippen molar-refractivity contribution in [1.82, 2.24) is 0 Å². The zero-order valence-corrected chi connectivity index (χ0v) is 11.4. The largest absolute Gasteiger partial charge is 0.497 e. The number of ether oxygens (including phenoxy) is 3. The van der Waals surface area contributed by atoms with E-state index in [9.17, 15) is 0 Å². The van der Waals surface area contributed by atoms with Crippen molar-refractivity contribution in [2.45, 2.75) is 25.6 Å². The van der Waals surface area contributed by atoms with Crippen molar-refractivity contribution in [3.05, 3.63) is 21.8 Å². The molecule has 0 N–H and O–H groups in total. The van der Waals surface area contributed by atoms with E-state index < -0.39 is 0 Å². The molecule has 1 aromatic carbocycles. The van der Waals surface area contributed by atoms with Crippen LogP contribution in [0.4, 0.5) is 0 Å². The van der Waals surface area contributed by atoms with E-state index >= 15 is 0 Å². The van der Waals surface area contributed by atoms with Crippen LogP contribution in [0.5, 0.6) is 11.5 Å². The van der Waals surface area contributed by atoms with Gasteiger partial charge in [-0.05, 0) is 53.6 Å². The van der Waals surface area contributed by atoms with Gasteiger partial charge in [0.25, 0.3) is 0 Å². The summed E-state index contributed by atoms with van der Waals surface area (Å²) in [6.07, 6.45) is 3.20. The molecular weight excluding hydrogens is 319 g/mol. The molecule has 88 valence electrons. The fourth-order valence-corrected chi connectivity index (χ4v) is 2.26. The second-order valence-electron chi connectivity index (χ2n) is 3.71. The molecule has 1 aromatic rings. The minimum atomic E-state index is -0.0874. The molecule has 0 amide bonds. The van der Waals surface area contributed by atoms with Crippen LogP contribution in [-0.2, 0) is 4.74 Å². The first kappa shape index (κ1) is 12.0. The highest BCUT2D eigenvalue weighted by Gasteiger charge is 2.16. The number of rotatable bonds is 3. The molecule has 0 spiro atoms. The molecule has 3 nitrogen and oxygen atoms in total. The van der Waals surface area contributed by atoms with Crippen LogP contribution in [0, 0.1) is 3.57 Å². The van der Waals surface area contributed by atoms with Crippen LogP contribution in [0.2, 0.25) is 0 Å². The van der Waals surface area contributed by atoms with Crippen LogP contribution in [0.3, 0.4) is 0 Å². The van der Waals surface area contributed by atoms with Crippen LogP contribution in [-0.4, -0.2) is 20.0 Å². The van der Waals surface area contributed by atoms with Crippen LogP contribution >= 0.6 is 22.6 Å².